The Labute approximate surface area is 190 Å². The second-order valence-corrected chi connectivity index (χ2v) is 8.11. The first-order valence-corrected chi connectivity index (χ1v) is 11.0. The number of likely N-dealkylation sites (N-methyl/N-ethyl adjacent to an activating group) is 1. The molecule has 7 heteroatoms. The van der Waals surface area contributed by atoms with E-state index in [2.05, 4.69) is 54.1 Å². The number of rotatable bonds is 11. The van der Waals surface area contributed by atoms with E-state index in [0.29, 0.717) is 30.4 Å². The van der Waals surface area contributed by atoms with Gasteiger partial charge in [0.05, 0.1) is 13.1 Å². The van der Waals surface area contributed by atoms with Crippen LogP contribution in [0, 0.1) is 0 Å². The van der Waals surface area contributed by atoms with E-state index in [-0.39, 0.29) is 30.8 Å². The molecule has 0 bridgehead atoms. The smallest absolute Gasteiger partial charge is 0.238 e. The van der Waals surface area contributed by atoms with Gasteiger partial charge in [0.2, 0.25) is 17.7 Å². The molecule has 0 spiro atoms. The highest BCUT2D eigenvalue weighted by Crippen LogP contribution is 2.15. The fraction of sp³-hybridized carbons (Fsp3) is 0.400. The second kappa shape index (κ2) is 12.6. The second-order valence-electron chi connectivity index (χ2n) is 8.11. The van der Waals surface area contributed by atoms with Gasteiger partial charge in [0.1, 0.15) is 0 Å². The number of hydrogen-bond acceptors (Lipinski definition) is 4. The zero-order valence-corrected chi connectivity index (χ0v) is 19.4. The van der Waals surface area contributed by atoms with E-state index < -0.39 is 0 Å². The summed E-state index contributed by atoms with van der Waals surface area (Å²) >= 11 is 0. The zero-order valence-electron chi connectivity index (χ0n) is 19.4. The average Bonchev–Trinajstić information content (AvgIpc) is 2.74. The molecule has 0 saturated heterocycles. The van der Waals surface area contributed by atoms with E-state index in [1.54, 1.807) is 29.2 Å². The van der Waals surface area contributed by atoms with Gasteiger partial charge in [-0.25, -0.2) is 0 Å². The van der Waals surface area contributed by atoms with Crippen LogP contribution in [-0.4, -0.2) is 48.8 Å². The Morgan fingerprint density at radius 2 is 1.41 bits per heavy atom. The third kappa shape index (κ3) is 8.89. The van der Waals surface area contributed by atoms with Crippen LogP contribution in [0.5, 0.6) is 0 Å². The molecule has 2 rings (SSSR count). The Morgan fingerprint density at radius 1 is 0.844 bits per heavy atom. The maximum Gasteiger partial charge on any atom is 0.238 e. The molecule has 0 unspecified atom stereocenters. The summed E-state index contributed by atoms with van der Waals surface area (Å²) in [6, 6.07) is 15.4. The lowest BCUT2D eigenvalue weighted by Gasteiger charge is -2.19. The van der Waals surface area contributed by atoms with Crippen LogP contribution in [0.15, 0.2) is 48.5 Å². The first kappa shape index (κ1) is 25.1. The largest absolute Gasteiger partial charge is 0.355 e. The fourth-order valence-electron chi connectivity index (χ4n) is 3.20. The SMILES string of the molecule is CCN(CC(=O)NCCc1ccc(C(C)C)cc1)CC(=O)Nc1ccc(NC(C)=O)cc1. The lowest BCUT2D eigenvalue weighted by molar-refractivity contribution is -0.123. The van der Waals surface area contributed by atoms with Crippen LogP contribution >= 0.6 is 0 Å². The molecular weight excluding hydrogens is 404 g/mol. The molecule has 2 aromatic rings. The molecule has 2 aromatic carbocycles. The van der Waals surface area contributed by atoms with Crippen LogP contribution < -0.4 is 16.0 Å². The van der Waals surface area contributed by atoms with Crippen molar-refractivity contribution in [3.63, 3.8) is 0 Å². The van der Waals surface area contributed by atoms with Gasteiger partial charge in [0.15, 0.2) is 0 Å². The Morgan fingerprint density at radius 3 is 1.94 bits per heavy atom. The monoisotopic (exact) mass is 438 g/mol. The molecule has 0 aromatic heterocycles. The summed E-state index contributed by atoms with van der Waals surface area (Å²) in [6.07, 6.45) is 0.769. The lowest BCUT2D eigenvalue weighted by Crippen LogP contribution is -2.41. The summed E-state index contributed by atoms with van der Waals surface area (Å²) in [7, 11) is 0. The van der Waals surface area contributed by atoms with Crippen molar-refractivity contribution >= 4 is 29.1 Å². The minimum Gasteiger partial charge on any atom is -0.355 e. The topological polar surface area (TPSA) is 90.5 Å². The highest BCUT2D eigenvalue weighted by molar-refractivity contribution is 5.93. The Balaban J connectivity index is 1.74. The van der Waals surface area contributed by atoms with Gasteiger partial charge in [-0.3, -0.25) is 19.3 Å². The van der Waals surface area contributed by atoms with Crippen molar-refractivity contribution in [2.24, 2.45) is 0 Å². The van der Waals surface area contributed by atoms with Gasteiger partial charge in [-0.05, 0) is 54.3 Å². The van der Waals surface area contributed by atoms with E-state index >= 15 is 0 Å². The normalized spacial score (nSPS) is 10.8. The van der Waals surface area contributed by atoms with Crippen molar-refractivity contribution < 1.29 is 14.4 Å². The molecule has 0 heterocycles. The third-order valence-electron chi connectivity index (χ3n) is 5.05. The maximum atomic E-state index is 12.3. The highest BCUT2D eigenvalue weighted by atomic mass is 16.2. The number of carbonyl (C=O) groups excluding carboxylic acids is 3. The van der Waals surface area contributed by atoms with Crippen LogP contribution in [0.25, 0.3) is 0 Å². The molecule has 172 valence electrons. The Bertz CT molecular complexity index is 892. The van der Waals surface area contributed by atoms with Gasteiger partial charge in [-0.2, -0.15) is 0 Å². The zero-order chi connectivity index (χ0) is 23.5. The predicted molar refractivity (Wildman–Crippen MR) is 129 cm³/mol. The molecule has 0 fully saturated rings. The van der Waals surface area contributed by atoms with Crippen molar-refractivity contribution in [2.45, 2.75) is 40.0 Å². The van der Waals surface area contributed by atoms with Crippen LogP contribution in [0.3, 0.4) is 0 Å². The first-order chi connectivity index (χ1) is 15.3. The maximum absolute atomic E-state index is 12.3. The molecule has 3 N–H and O–H groups in total. The van der Waals surface area contributed by atoms with Crippen LogP contribution in [0.4, 0.5) is 11.4 Å². The molecular formula is C25H34N4O3. The predicted octanol–water partition coefficient (Wildman–Crippen LogP) is 3.39. The first-order valence-electron chi connectivity index (χ1n) is 11.0. The van der Waals surface area contributed by atoms with Crippen molar-refractivity contribution in [1.82, 2.24) is 10.2 Å². The summed E-state index contributed by atoms with van der Waals surface area (Å²) < 4.78 is 0. The number of nitrogens with zero attached hydrogens (tertiary/aromatic N) is 1. The summed E-state index contributed by atoms with van der Waals surface area (Å²) in [4.78, 5) is 37.5. The number of anilines is 2. The third-order valence-corrected chi connectivity index (χ3v) is 5.05. The standard InChI is InChI=1S/C25H34N4O3/c1-5-29(17-25(32)28-23-12-10-22(11-13-23)27-19(4)30)16-24(31)26-15-14-20-6-8-21(9-7-20)18(2)3/h6-13,18H,5,14-17H2,1-4H3,(H,26,31)(H,27,30)(H,28,32). The number of benzene rings is 2. The highest BCUT2D eigenvalue weighted by Gasteiger charge is 2.13. The van der Waals surface area contributed by atoms with Gasteiger partial charge in [0, 0.05) is 24.8 Å². The van der Waals surface area contributed by atoms with Crippen molar-refractivity contribution in [3.8, 4) is 0 Å². The summed E-state index contributed by atoms with van der Waals surface area (Å²) in [5, 5.41) is 8.42. The fourth-order valence-corrected chi connectivity index (χ4v) is 3.20. The van der Waals surface area contributed by atoms with Gasteiger partial charge in [0.25, 0.3) is 0 Å². The summed E-state index contributed by atoms with van der Waals surface area (Å²) in [6.45, 7) is 9.11. The molecule has 0 saturated carbocycles. The van der Waals surface area contributed by atoms with Crippen LogP contribution in [-0.2, 0) is 20.8 Å². The van der Waals surface area contributed by atoms with Crippen molar-refractivity contribution in [1.29, 1.82) is 0 Å². The van der Waals surface area contributed by atoms with E-state index in [0.717, 1.165) is 6.42 Å². The van der Waals surface area contributed by atoms with Gasteiger partial charge in [-0.1, -0.05) is 45.0 Å². The molecule has 0 radical (unpaired) electrons. The van der Waals surface area contributed by atoms with E-state index in [4.69, 9.17) is 0 Å². The number of hydrogen-bond donors (Lipinski definition) is 3. The van der Waals surface area contributed by atoms with E-state index in [1.807, 2.05) is 6.92 Å². The minimum absolute atomic E-state index is 0.0990. The number of amides is 3. The summed E-state index contributed by atoms with van der Waals surface area (Å²) in [5.74, 6) is 0.0574. The number of nitrogens with one attached hydrogen (secondary N) is 3. The van der Waals surface area contributed by atoms with Gasteiger partial charge < -0.3 is 16.0 Å². The minimum atomic E-state index is -0.197. The molecule has 0 aliphatic carbocycles. The Kier molecular flexibility index (Phi) is 9.88. The lowest BCUT2D eigenvalue weighted by atomic mass is 10.0. The van der Waals surface area contributed by atoms with E-state index in [9.17, 15) is 14.4 Å². The van der Waals surface area contributed by atoms with Gasteiger partial charge in [-0.15, -0.1) is 0 Å². The van der Waals surface area contributed by atoms with Crippen LogP contribution in [0.2, 0.25) is 0 Å². The molecule has 32 heavy (non-hydrogen) atoms. The Hall–Kier alpha value is -3.19. The quantitative estimate of drug-likeness (QED) is 0.502. The molecule has 7 nitrogen and oxygen atoms in total. The van der Waals surface area contributed by atoms with E-state index in [1.165, 1.54) is 18.1 Å². The van der Waals surface area contributed by atoms with Crippen LogP contribution in [0.1, 0.15) is 44.7 Å². The number of carbonyl (C=O) groups is 3. The van der Waals surface area contributed by atoms with Crippen molar-refractivity contribution in [3.05, 3.63) is 59.7 Å². The molecule has 0 atom stereocenters. The molecule has 0 aliphatic heterocycles. The van der Waals surface area contributed by atoms with Crippen molar-refractivity contribution in [2.75, 3.05) is 36.8 Å². The molecule has 0 aliphatic rings. The summed E-state index contributed by atoms with van der Waals surface area (Å²) in [5.41, 5.74) is 3.79. The average molecular weight is 439 g/mol. The molecule has 3 amide bonds. The van der Waals surface area contributed by atoms with Gasteiger partial charge >= 0.3 is 0 Å².